The zero-order chi connectivity index (χ0) is 10.2. The lowest BCUT2D eigenvalue weighted by molar-refractivity contribution is -0.265. The van der Waals surface area contributed by atoms with E-state index in [1.54, 1.807) is 0 Å². The maximum absolute atomic E-state index is 8.59. The van der Waals surface area contributed by atoms with Gasteiger partial charge in [0.05, 0.1) is 0 Å². The molecule has 0 heterocycles. The van der Waals surface area contributed by atoms with Gasteiger partial charge in [0.1, 0.15) is 5.92 Å². The highest BCUT2D eigenvalue weighted by Gasteiger charge is 2.76. The van der Waals surface area contributed by atoms with Crippen molar-refractivity contribution < 1.29 is 5.21 Å². The van der Waals surface area contributed by atoms with Crippen LogP contribution in [0.2, 0.25) is 0 Å². The summed E-state index contributed by atoms with van der Waals surface area (Å²) in [5.74, 6) is 5.73. The van der Waals surface area contributed by atoms with Crippen LogP contribution in [0.4, 0.5) is 0 Å². The van der Waals surface area contributed by atoms with E-state index in [1.807, 2.05) is 0 Å². The molecule has 0 aliphatic heterocycles. The van der Waals surface area contributed by atoms with E-state index in [9.17, 15) is 0 Å². The van der Waals surface area contributed by atoms with Crippen molar-refractivity contribution >= 4 is 0 Å². The Morgan fingerprint density at radius 2 is 1.87 bits per heavy atom. The van der Waals surface area contributed by atoms with Crippen LogP contribution in [0, 0.1) is 53.4 Å². The monoisotopic (exact) mass is 203 g/mol. The second-order valence-corrected chi connectivity index (χ2v) is 5.50. The molecule has 0 aromatic carbocycles. The zero-order valence-electron chi connectivity index (χ0n) is 8.45. The molecule has 3 heteroatoms. The summed E-state index contributed by atoms with van der Waals surface area (Å²) >= 11 is 0. The predicted octanol–water partition coefficient (Wildman–Crippen LogP) is 1.21. The molecule has 0 spiro atoms. The molecule has 0 saturated heterocycles. The van der Waals surface area contributed by atoms with Gasteiger partial charge in [0.2, 0.25) is 5.01 Å². The summed E-state index contributed by atoms with van der Waals surface area (Å²) in [5, 5.41) is 11.7. The molecule has 3 fully saturated rings. The fourth-order valence-corrected chi connectivity index (χ4v) is 5.03. The maximum atomic E-state index is 8.59. The first-order chi connectivity index (χ1) is 7.38. The first-order valence-corrected chi connectivity index (χ1v) is 5.86. The van der Waals surface area contributed by atoms with Gasteiger partial charge in [-0.05, 0) is 42.1 Å². The maximum Gasteiger partial charge on any atom is 0.354 e. The van der Waals surface area contributed by atoms with Crippen LogP contribution in [0.3, 0.4) is 0 Å². The third-order valence-corrected chi connectivity index (χ3v) is 5.52. The van der Waals surface area contributed by atoms with Crippen LogP contribution in [0.5, 0.6) is 0 Å². The molecule has 6 aliphatic rings. The highest BCUT2D eigenvalue weighted by atomic mass is 16.4. The van der Waals surface area contributed by atoms with Gasteiger partial charge in [-0.2, -0.15) is 5.21 Å². The molecule has 0 amide bonds. The van der Waals surface area contributed by atoms with E-state index >= 15 is 0 Å². The third-order valence-electron chi connectivity index (χ3n) is 5.52. The van der Waals surface area contributed by atoms with E-state index in [0.29, 0.717) is 11.8 Å². The van der Waals surface area contributed by atoms with E-state index in [-0.39, 0.29) is 0 Å². The van der Waals surface area contributed by atoms with Crippen LogP contribution in [-0.2, 0) is 0 Å². The minimum absolute atomic E-state index is 0.390. The van der Waals surface area contributed by atoms with E-state index in [1.165, 1.54) is 0 Å². The van der Waals surface area contributed by atoms with Gasteiger partial charge in [0.25, 0.3) is 0 Å². The van der Waals surface area contributed by atoms with Crippen molar-refractivity contribution in [1.82, 2.24) is 0 Å². The summed E-state index contributed by atoms with van der Waals surface area (Å²) in [6, 6.07) is 2.86. The van der Waals surface area contributed by atoms with Crippen LogP contribution in [0.15, 0.2) is 12.2 Å². The molecule has 0 aromatic rings. The van der Waals surface area contributed by atoms with Gasteiger partial charge >= 0.3 is 6.07 Å². The van der Waals surface area contributed by atoms with Gasteiger partial charge in [0, 0.05) is 5.92 Å². The van der Waals surface area contributed by atoms with Crippen LogP contribution in [0.1, 0.15) is 0 Å². The van der Waals surface area contributed by atoms with Crippen molar-refractivity contribution in [2.75, 3.05) is 6.54 Å². The molecule has 78 valence electrons. The lowest BCUT2D eigenvalue weighted by Gasteiger charge is -2.73. The molecule has 3 nitrogen and oxygen atoms in total. The first kappa shape index (κ1) is 8.18. The van der Waals surface area contributed by atoms with Gasteiger partial charge < -0.3 is 5.73 Å². The number of hydrogen-bond donors (Lipinski definition) is 2. The Morgan fingerprint density at radius 3 is 2.60 bits per heavy atom. The summed E-state index contributed by atoms with van der Waals surface area (Å²) < 4.78 is 0. The molecular weight excluding hydrogens is 188 g/mol. The van der Waals surface area contributed by atoms with Gasteiger partial charge in [-0.1, -0.05) is 12.2 Å². The van der Waals surface area contributed by atoms with Crippen molar-refractivity contribution in [3.05, 3.63) is 17.2 Å². The Kier molecular flexibility index (Phi) is 1.30. The van der Waals surface area contributed by atoms with E-state index < -0.39 is 0 Å². The molecule has 8 unspecified atom stereocenters. The Bertz CT molecular complexity index is 402. The van der Waals surface area contributed by atoms with Gasteiger partial charge in [-0.15, -0.1) is 0 Å². The van der Waals surface area contributed by atoms with Crippen LogP contribution in [-0.4, -0.2) is 11.8 Å². The minimum Gasteiger partial charge on any atom is -0.330 e. The van der Waals surface area contributed by atoms with Gasteiger partial charge in [-0.25, -0.2) is 0 Å². The van der Waals surface area contributed by atoms with E-state index in [0.717, 1.165) is 42.1 Å². The molecule has 3 saturated carbocycles. The van der Waals surface area contributed by atoms with Crippen molar-refractivity contribution in [2.45, 2.75) is 0 Å². The largest absolute Gasteiger partial charge is 0.354 e. The second kappa shape index (κ2) is 2.38. The topological polar surface area (TPSA) is 50.6 Å². The predicted molar refractivity (Wildman–Crippen MR) is 55.1 cm³/mol. The van der Waals surface area contributed by atoms with Crippen molar-refractivity contribution in [3.63, 3.8) is 0 Å². The highest BCUT2D eigenvalue weighted by Crippen LogP contribution is 2.77. The average Bonchev–Trinajstić information content (AvgIpc) is 2.57. The molecular formula is C12H15N2O+. The van der Waals surface area contributed by atoms with Crippen LogP contribution >= 0.6 is 0 Å². The lowest BCUT2D eigenvalue weighted by Crippen LogP contribution is -2.73. The van der Waals surface area contributed by atoms with Crippen LogP contribution in [0.25, 0.3) is 5.01 Å². The number of hydrogen-bond acceptors (Lipinski definition) is 2. The van der Waals surface area contributed by atoms with E-state index in [4.69, 9.17) is 10.9 Å². The summed E-state index contributed by atoms with van der Waals surface area (Å²) in [6.45, 7) is 0.842. The first-order valence-electron chi connectivity index (χ1n) is 5.86. The molecule has 0 aromatic heterocycles. The summed E-state index contributed by atoms with van der Waals surface area (Å²) in [5.41, 5.74) is 5.82. The molecule has 6 rings (SSSR count). The minimum atomic E-state index is 0.390. The Hall–Kier alpha value is -1.01. The molecule has 3 N–H and O–H groups in total. The fourth-order valence-electron chi connectivity index (χ4n) is 5.03. The van der Waals surface area contributed by atoms with Gasteiger partial charge in [-0.3, -0.25) is 0 Å². The molecule has 6 bridgehead atoms. The number of nitrogens with two attached hydrogens (primary N) is 1. The normalized spacial score (nSPS) is 61.4. The molecule has 6 aliphatic carbocycles. The Labute approximate surface area is 88.7 Å². The van der Waals surface area contributed by atoms with Crippen molar-refractivity contribution in [3.8, 4) is 6.07 Å². The SMILES string of the molecule is NCC1C2C=CC3C(C#[N+]O)C4C3C1C24. The number of allylic oxidation sites excluding steroid dienone is 2. The number of rotatable bonds is 1. The quantitative estimate of drug-likeness (QED) is 0.497. The fraction of sp³-hybridized carbons (Fsp3) is 0.750. The number of nitrogens with zero attached hydrogens (tertiary/aromatic N) is 1. The summed E-state index contributed by atoms with van der Waals surface area (Å²) in [7, 11) is 0. The van der Waals surface area contributed by atoms with Crippen molar-refractivity contribution in [1.29, 1.82) is 0 Å². The summed E-state index contributed by atoms with van der Waals surface area (Å²) in [6.07, 6.45) is 4.72. The van der Waals surface area contributed by atoms with Crippen molar-refractivity contribution in [2.24, 2.45) is 53.1 Å². The summed E-state index contributed by atoms with van der Waals surface area (Å²) in [4.78, 5) is 0. The average molecular weight is 203 g/mol. The molecule has 15 heavy (non-hydrogen) atoms. The molecule has 0 radical (unpaired) electrons. The van der Waals surface area contributed by atoms with Gasteiger partial charge in [0.15, 0.2) is 0 Å². The third kappa shape index (κ3) is 0.654. The Morgan fingerprint density at radius 1 is 1.13 bits per heavy atom. The molecule has 8 atom stereocenters. The lowest BCUT2D eigenvalue weighted by atomic mass is 9.29. The Balaban J connectivity index is 1.69. The standard InChI is InChI=1S/C12H14N2O/c13-3-7-5-1-2-6-8(4-14-15)12-9(5)11(7)10(6)12/h1-2,5-12H,3,13H2/p+1. The van der Waals surface area contributed by atoms with Crippen LogP contribution < -0.4 is 5.73 Å². The smallest absolute Gasteiger partial charge is 0.330 e. The zero-order valence-corrected chi connectivity index (χ0v) is 8.45. The second-order valence-electron chi connectivity index (χ2n) is 5.50. The highest BCUT2D eigenvalue weighted by molar-refractivity contribution is 5.34. The van der Waals surface area contributed by atoms with E-state index in [2.05, 4.69) is 23.2 Å².